The molecule has 11 heteroatoms. The van der Waals surface area contributed by atoms with Crippen LogP contribution in [0.5, 0.6) is 5.75 Å². The summed E-state index contributed by atoms with van der Waals surface area (Å²) in [6, 6.07) is 10.8. The second-order valence-electron chi connectivity index (χ2n) is 5.49. The van der Waals surface area contributed by atoms with Crippen LogP contribution in [0.2, 0.25) is 0 Å². The number of carbonyl (C=O) groups excluding carboxylic acids is 1. The fraction of sp³-hybridized carbons (Fsp3) is 0.125. The average Bonchev–Trinajstić information content (AvgIpc) is 3.47. The number of methoxy groups -OCH3 is 1. The Balaban J connectivity index is 1.40. The van der Waals surface area contributed by atoms with Gasteiger partial charge in [-0.1, -0.05) is 17.3 Å². The van der Waals surface area contributed by atoms with Gasteiger partial charge in [0.15, 0.2) is 11.6 Å². The molecule has 0 aliphatic rings. The highest BCUT2D eigenvalue weighted by atomic mass is 16.5. The highest BCUT2D eigenvalue weighted by Crippen LogP contribution is 2.23. The minimum absolute atomic E-state index is 0.176. The van der Waals surface area contributed by atoms with E-state index in [2.05, 4.69) is 36.2 Å². The molecule has 136 valence electrons. The van der Waals surface area contributed by atoms with E-state index in [0.717, 1.165) is 11.3 Å². The zero-order valence-electron chi connectivity index (χ0n) is 14.2. The van der Waals surface area contributed by atoms with Crippen molar-refractivity contribution >= 4 is 5.91 Å². The van der Waals surface area contributed by atoms with E-state index in [0.29, 0.717) is 17.3 Å². The summed E-state index contributed by atoms with van der Waals surface area (Å²) in [5.74, 6) is 1.30. The Kier molecular flexibility index (Phi) is 4.31. The summed E-state index contributed by atoms with van der Waals surface area (Å²) >= 11 is 0. The second-order valence-corrected chi connectivity index (χ2v) is 5.49. The summed E-state index contributed by atoms with van der Waals surface area (Å²) in [6.07, 6.45) is 1.38. The monoisotopic (exact) mass is 366 g/mol. The van der Waals surface area contributed by atoms with Crippen LogP contribution < -0.4 is 10.1 Å². The molecule has 1 amide bonds. The first kappa shape index (κ1) is 16.4. The first-order valence-corrected chi connectivity index (χ1v) is 7.90. The summed E-state index contributed by atoms with van der Waals surface area (Å²) in [4.78, 5) is 12.2. The summed E-state index contributed by atoms with van der Waals surface area (Å²) in [7, 11) is 1.60. The SMILES string of the molecule is COc1cccc(-c2cc(CNC(=O)c3cc(-n4cnnn4)n[nH]3)on2)c1. The molecule has 0 spiro atoms. The Morgan fingerprint density at radius 2 is 2.26 bits per heavy atom. The molecule has 0 fully saturated rings. The molecule has 4 aromatic rings. The van der Waals surface area contributed by atoms with Crippen molar-refractivity contribution in [3.8, 4) is 22.8 Å². The lowest BCUT2D eigenvalue weighted by molar-refractivity contribution is 0.0942. The van der Waals surface area contributed by atoms with Crippen molar-refractivity contribution < 1.29 is 14.1 Å². The van der Waals surface area contributed by atoms with Crippen LogP contribution in [0.15, 0.2) is 47.2 Å². The standard InChI is InChI=1S/C16H14N8O3/c1-26-11-4-2-3-10(5-11)13-6-12(27-21-13)8-17-16(25)14-7-15(20-19-14)24-9-18-22-23-24/h2-7,9H,8H2,1H3,(H,17,25)(H,19,20). The Bertz CT molecular complexity index is 1050. The molecule has 0 radical (unpaired) electrons. The molecule has 0 saturated heterocycles. The fourth-order valence-electron chi connectivity index (χ4n) is 2.39. The molecule has 11 nitrogen and oxygen atoms in total. The van der Waals surface area contributed by atoms with Crippen molar-refractivity contribution in [2.45, 2.75) is 6.54 Å². The molecule has 0 atom stereocenters. The van der Waals surface area contributed by atoms with Crippen molar-refractivity contribution in [2.75, 3.05) is 7.11 Å². The quantitative estimate of drug-likeness (QED) is 0.515. The highest BCUT2D eigenvalue weighted by molar-refractivity contribution is 5.92. The molecule has 0 saturated carbocycles. The van der Waals surface area contributed by atoms with Gasteiger partial charge in [0.05, 0.1) is 13.7 Å². The molecule has 1 aromatic carbocycles. The number of aromatic amines is 1. The number of nitrogens with one attached hydrogen (secondary N) is 2. The van der Waals surface area contributed by atoms with E-state index >= 15 is 0 Å². The van der Waals surface area contributed by atoms with E-state index in [4.69, 9.17) is 9.26 Å². The Labute approximate surface area is 152 Å². The second kappa shape index (κ2) is 7.07. The molecule has 3 aromatic heterocycles. The predicted molar refractivity (Wildman–Crippen MR) is 91.0 cm³/mol. The molecular weight excluding hydrogens is 352 g/mol. The van der Waals surface area contributed by atoms with Crippen molar-refractivity contribution in [3.05, 3.63) is 54.2 Å². The van der Waals surface area contributed by atoms with Crippen LogP contribution in [0, 0.1) is 0 Å². The normalized spacial score (nSPS) is 10.7. The third kappa shape index (κ3) is 3.51. The van der Waals surface area contributed by atoms with E-state index in [1.54, 1.807) is 13.2 Å². The van der Waals surface area contributed by atoms with E-state index in [9.17, 15) is 4.79 Å². The van der Waals surface area contributed by atoms with Gasteiger partial charge in [-0.25, -0.2) is 0 Å². The molecule has 27 heavy (non-hydrogen) atoms. The van der Waals surface area contributed by atoms with Gasteiger partial charge in [0.1, 0.15) is 23.5 Å². The summed E-state index contributed by atoms with van der Waals surface area (Å²) < 4.78 is 11.8. The van der Waals surface area contributed by atoms with E-state index < -0.39 is 0 Å². The number of hydrogen-bond donors (Lipinski definition) is 2. The Hall–Kier alpha value is -4.02. The van der Waals surface area contributed by atoms with Gasteiger partial charge >= 0.3 is 0 Å². The number of benzene rings is 1. The van der Waals surface area contributed by atoms with Gasteiger partial charge < -0.3 is 14.6 Å². The zero-order valence-corrected chi connectivity index (χ0v) is 14.2. The van der Waals surface area contributed by atoms with Gasteiger partial charge in [0.25, 0.3) is 5.91 Å². The lowest BCUT2D eigenvalue weighted by atomic mass is 10.1. The van der Waals surface area contributed by atoms with Gasteiger partial charge in [0, 0.05) is 17.7 Å². The van der Waals surface area contributed by atoms with Gasteiger partial charge in [-0.3, -0.25) is 9.89 Å². The largest absolute Gasteiger partial charge is 0.497 e. The molecule has 0 bridgehead atoms. The predicted octanol–water partition coefficient (Wildman–Crippen LogP) is 0.979. The third-order valence-electron chi connectivity index (χ3n) is 3.74. The minimum Gasteiger partial charge on any atom is -0.497 e. The lowest BCUT2D eigenvalue weighted by Gasteiger charge is -2.00. The lowest BCUT2D eigenvalue weighted by Crippen LogP contribution is -2.22. The molecular formula is C16H14N8O3. The summed E-state index contributed by atoms with van der Waals surface area (Å²) in [5.41, 5.74) is 1.78. The van der Waals surface area contributed by atoms with Crippen LogP contribution >= 0.6 is 0 Å². The maximum atomic E-state index is 12.2. The number of tetrazole rings is 1. The van der Waals surface area contributed by atoms with Crippen molar-refractivity contribution in [2.24, 2.45) is 0 Å². The van der Waals surface area contributed by atoms with Gasteiger partial charge in [-0.15, -0.1) is 5.10 Å². The first-order valence-electron chi connectivity index (χ1n) is 7.90. The number of H-pyrrole nitrogens is 1. The van der Waals surface area contributed by atoms with Gasteiger partial charge in [0.2, 0.25) is 0 Å². The molecule has 2 N–H and O–H groups in total. The van der Waals surface area contributed by atoms with Crippen LogP contribution in [-0.4, -0.2) is 48.6 Å². The first-order chi connectivity index (χ1) is 13.2. The van der Waals surface area contributed by atoms with E-state index in [1.165, 1.54) is 17.1 Å². The van der Waals surface area contributed by atoms with Gasteiger partial charge in [-0.2, -0.15) is 9.78 Å². The minimum atomic E-state index is -0.346. The summed E-state index contributed by atoms with van der Waals surface area (Å²) in [6.45, 7) is 0.176. The molecule has 4 rings (SSSR count). The number of amides is 1. The number of carbonyl (C=O) groups is 1. The van der Waals surface area contributed by atoms with Crippen LogP contribution in [0.1, 0.15) is 16.2 Å². The number of rotatable bonds is 6. The number of nitrogens with zero attached hydrogens (tertiary/aromatic N) is 6. The molecule has 3 heterocycles. The fourth-order valence-corrected chi connectivity index (χ4v) is 2.39. The van der Waals surface area contributed by atoms with Crippen molar-refractivity contribution in [3.63, 3.8) is 0 Å². The number of hydrogen-bond acceptors (Lipinski definition) is 8. The number of ether oxygens (including phenoxy) is 1. The molecule has 0 aliphatic heterocycles. The van der Waals surface area contributed by atoms with Crippen LogP contribution in [-0.2, 0) is 6.54 Å². The van der Waals surface area contributed by atoms with Crippen molar-refractivity contribution in [1.29, 1.82) is 0 Å². The van der Waals surface area contributed by atoms with E-state index in [-0.39, 0.29) is 18.1 Å². The highest BCUT2D eigenvalue weighted by Gasteiger charge is 2.13. The smallest absolute Gasteiger partial charge is 0.269 e. The van der Waals surface area contributed by atoms with Crippen LogP contribution in [0.25, 0.3) is 17.1 Å². The summed E-state index contributed by atoms with van der Waals surface area (Å²) in [5, 5.41) is 24.1. The molecule has 0 unspecified atom stereocenters. The van der Waals surface area contributed by atoms with Crippen molar-refractivity contribution in [1.82, 2.24) is 40.9 Å². The average molecular weight is 366 g/mol. The van der Waals surface area contributed by atoms with Gasteiger partial charge in [-0.05, 0) is 22.6 Å². The van der Waals surface area contributed by atoms with Crippen LogP contribution in [0.4, 0.5) is 0 Å². The van der Waals surface area contributed by atoms with Crippen LogP contribution in [0.3, 0.4) is 0 Å². The Morgan fingerprint density at radius 3 is 3.07 bits per heavy atom. The third-order valence-corrected chi connectivity index (χ3v) is 3.74. The Morgan fingerprint density at radius 1 is 1.33 bits per heavy atom. The topological polar surface area (TPSA) is 137 Å². The zero-order chi connectivity index (χ0) is 18.6. The number of aromatic nitrogens is 7. The maximum absolute atomic E-state index is 12.2. The van der Waals surface area contributed by atoms with E-state index in [1.807, 2.05) is 24.3 Å². The maximum Gasteiger partial charge on any atom is 0.269 e. The molecule has 0 aliphatic carbocycles.